The molecule has 0 saturated heterocycles. The first-order chi connectivity index (χ1) is 7.29. The van der Waals surface area contributed by atoms with Gasteiger partial charge in [-0.05, 0) is 42.2 Å². The summed E-state index contributed by atoms with van der Waals surface area (Å²) in [6.07, 6.45) is 6.80. The summed E-state index contributed by atoms with van der Waals surface area (Å²) in [5, 5.41) is 0. The summed E-state index contributed by atoms with van der Waals surface area (Å²) in [6.45, 7) is 4.62. The van der Waals surface area contributed by atoms with Crippen molar-refractivity contribution in [2.24, 2.45) is 5.92 Å². The van der Waals surface area contributed by atoms with Crippen LogP contribution >= 0.6 is 0 Å². The van der Waals surface area contributed by atoms with Crippen LogP contribution in [0.4, 0.5) is 0 Å². The lowest BCUT2D eigenvalue weighted by Gasteiger charge is -2.27. The Kier molecular flexibility index (Phi) is 3.45. The monoisotopic (exact) mass is 202 g/mol. The SMILES string of the molecule is CCc1ccc(C2CCCC(C)C2)cc1. The van der Waals surface area contributed by atoms with Gasteiger partial charge in [-0.25, -0.2) is 0 Å². The van der Waals surface area contributed by atoms with Gasteiger partial charge in [0.2, 0.25) is 0 Å². The highest BCUT2D eigenvalue weighted by Gasteiger charge is 2.19. The number of aryl methyl sites for hydroxylation is 1. The van der Waals surface area contributed by atoms with E-state index in [1.54, 1.807) is 5.56 Å². The molecule has 1 saturated carbocycles. The Hall–Kier alpha value is -0.780. The molecule has 0 radical (unpaired) electrons. The Labute approximate surface area is 93.7 Å². The first kappa shape index (κ1) is 10.7. The van der Waals surface area contributed by atoms with Crippen molar-refractivity contribution in [3.63, 3.8) is 0 Å². The van der Waals surface area contributed by atoms with Crippen molar-refractivity contribution in [1.29, 1.82) is 0 Å². The molecular weight excluding hydrogens is 180 g/mol. The second kappa shape index (κ2) is 4.83. The van der Waals surface area contributed by atoms with E-state index in [1.165, 1.54) is 31.2 Å². The topological polar surface area (TPSA) is 0 Å². The molecule has 1 aliphatic carbocycles. The Morgan fingerprint density at radius 2 is 1.87 bits per heavy atom. The third kappa shape index (κ3) is 2.62. The maximum Gasteiger partial charge on any atom is -0.0159 e. The van der Waals surface area contributed by atoms with E-state index < -0.39 is 0 Å². The Morgan fingerprint density at radius 1 is 1.13 bits per heavy atom. The zero-order valence-corrected chi connectivity index (χ0v) is 10.00. The third-order valence-electron chi connectivity index (χ3n) is 3.80. The van der Waals surface area contributed by atoms with Crippen LogP contribution in [-0.2, 0) is 6.42 Å². The van der Waals surface area contributed by atoms with E-state index in [-0.39, 0.29) is 0 Å². The van der Waals surface area contributed by atoms with Gasteiger partial charge in [0, 0.05) is 0 Å². The van der Waals surface area contributed by atoms with Gasteiger partial charge in [-0.15, -0.1) is 0 Å². The molecule has 82 valence electrons. The molecule has 0 aliphatic heterocycles. The molecule has 1 aromatic carbocycles. The average Bonchev–Trinajstić information content (AvgIpc) is 2.29. The van der Waals surface area contributed by atoms with Gasteiger partial charge < -0.3 is 0 Å². The first-order valence-corrected chi connectivity index (χ1v) is 6.38. The van der Waals surface area contributed by atoms with Crippen LogP contribution in [-0.4, -0.2) is 0 Å². The Morgan fingerprint density at radius 3 is 2.47 bits per heavy atom. The summed E-state index contributed by atoms with van der Waals surface area (Å²) in [5.74, 6) is 1.76. The van der Waals surface area contributed by atoms with E-state index in [2.05, 4.69) is 38.1 Å². The summed E-state index contributed by atoms with van der Waals surface area (Å²) in [5.41, 5.74) is 3.03. The van der Waals surface area contributed by atoms with Gasteiger partial charge in [0.25, 0.3) is 0 Å². The van der Waals surface area contributed by atoms with Crippen LogP contribution in [0.15, 0.2) is 24.3 Å². The molecule has 2 rings (SSSR count). The van der Waals surface area contributed by atoms with Gasteiger partial charge in [-0.1, -0.05) is 51.0 Å². The van der Waals surface area contributed by atoms with Crippen LogP contribution in [0.1, 0.15) is 56.6 Å². The number of hydrogen-bond acceptors (Lipinski definition) is 0. The molecule has 1 fully saturated rings. The van der Waals surface area contributed by atoms with Crippen molar-refractivity contribution in [2.45, 2.75) is 51.9 Å². The van der Waals surface area contributed by atoms with Crippen LogP contribution in [0, 0.1) is 5.92 Å². The predicted molar refractivity (Wildman–Crippen MR) is 66.2 cm³/mol. The van der Waals surface area contributed by atoms with E-state index in [4.69, 9.17) is 0 Å². The zero-order valence-electron chi connectivity index (χ0n) is 10.00. The van der Waals surface area contributed by atoms with Crippen molar-refractivity contribution in [1.82, 2.24) is 0 Å². The molecule has 2 atom stereocenters. The first-order valence-electron chi connectivity index (χ1n) is 6.38. The third-order valence-corrected chi connectivity index (χ3v) is 3.80. The fourth-order valence-electron chi connectivity index (χ4n) is 2.76. The van der Waals surface area contributed by atoms with Gasteiger partial charge in [-0.2, -0.15) is 0 Å². The van der Waals surface area contributed by atoms with E-state index in [0.29, 0.717) is 0 Å². The fourth-order valence-corrected chi connectivity index (χ4v) is 2.76. The molecule has 2 unspecified atom stereocenters. The smallest absolute Gasteiger partial charge is 0.0159 e. The maximum absolute atomic E-state index is 2.40. The minimum Gasteiger partial charge on any atom is -0.0625 e. The molecule has 0 amide bonds. The highest BCUT2D eigenvalue weighted by atomic mass is 14.2. The standard InChI is InChI=1S/C15H22/c1-3-13-7-9-14(10-8-13)15-6-4-5-12(2)11-15/h7-10,12,15H,3-6,11H2,1-2H3. The number of benzene rings is 1. The highest BCUT2D eigenvalue weighted by Crippen LogP contribution is 2.35. The van der Waals surface area contributed by atoms with E-state index >= 15 is 0 Å². The molecule has 0 nitrogen and oxygen atoms in total. The highest BCUT2D eigenvalue weighted by molar-refractivity contribution is 5.25. The van der Waals surface area contributed by atoms with Crippen molar-refractivity contribution < 1.29 is 0 Å². The average molecular weight is 202 g/mol. The molecule has 15 heavy (non-hydrogen) atoms. The van der Waals surface area contributed by atoms with Crippen LogP contribution < -0.4 is 0 Å². The number of hydrogen-bond donors (Lipinski definition) is 0. The van der Waals surface area contributed by atoms with E-state index in [1.807, 2.05) is 0 Å². The maximum atomic E-state index is 2.40. The van der Waals surface area contributed by atoms with Crippen molar-refractivity contribution in [3.05, 3.63) is 35.4 Å². The predicted octanol–water partition coefficient (Wildman–Crippen LogP) is 4.54. The molecule has 0 N–H and O–H groups in total. The quantitative estimate of drug-likeness (QED) is 0.660. The normalized spacial score (nSPS) is 26.5. The lowest BCUT2D eigenvalue weighted by molar-refractivity contribution is 0.344. The fraction of sp³-hybridized carbons (Fsp3) is 0.600. The Bertz CT molecular complexity index is 296. The van der Waals surface area contributed by atoms with E-state index in [0.717, 1.165) is 18.3 Å². The van der Waals surface area contributed by atoms with Crippen LogP contribution in [0.5, 0.6) is 0 Å². The summed E-state index contributed by atoms with van der Waals surface area (Å²) < 4.78 is 0. The minimum absolute atomic E-state index is 0.833. The van der Waals surface area contributed by atoms with Gasteiger partial charge in [0.15, 0.2) is 0 Å². The largest absolute Gasteiger partial charge is 0.0625 e. The van der Waals surface area contributed by atoms with Gasteiger partial charge in [-0.3, -0.25) is 0 Å². The molecule has 0 heterocycles. The lowest BCUT2D eigenvalue weighted by atomic mass is 9.79. The van der Waals surface area contributed by atoms with Crippen LogP contribution in [0.2, 0.25) is 0 Å². The van der Waals surface area contributed by atoms with Crippen molar-refractivity contribution in [3.8, 4) is 0 Å². The lowest BCUT2D eigenvalue weighted by Crippen LogP contribution is -2.11. The zero-order chi connectivity index (χ0) is 10.7. The Balaban J connectivity index is 2.07. The molecule has 1 aromatic rings. The van der Waals surface area contributed by atoms with Crippen LogP contribution in [0.25, 0.3) is 0 Å². The van der Waals surface area contributed by atoms with Gasteiger partial charge >= 0.3 is 0 Å². The molecule has 0 heteroatoms. The molecule has 0 spiro atoms. The van der Waals surface area contributed by atoms with Crippen LogP contribution in [0.3, 0.4) is 0 Å². The van der Waals surface area contributed by atoms with Gasteiger partial charge in [0.1, 0.15) is 0 Å². The van der Waals surface area contributed by atoms with Gasteiger partial charge in [0.05, 0.1) is 0 Å². The molecular formula is C15H22. The second-order valence-electron chi connectivity index (χ2n) is 5.06. The molecule has 1 aliphatic rings. The molecule has 0 bridgehead atoms. The minimum atomic E-state index is 0.833. The summed E-state index contributed by atoms with van der Waals surface area (Å²) in [6, 6.07) is 9.30. The second-order valence-corrected chi connectivity index (χ2v) is 5.06. The summed E-state index contributed by atoms with van der Waals surface area (Å²) in [4.78, 5) is 0. The summed E-state index contributed by atoms with van der Waals surface area (Å²) >= 11 is 0. The number of rotatable bonds is 2. The van der Waals surface area contributed by atoms with Crippen molar-refractivity contribution in [2.75, 3.05) is 0 Å². The molecule has 0 aromatic heterocycles. The summed E-state index contributed by atoms with van der Waals surface area (Å²) in [7, 11) is 0. The van der Waals surface area contributed by atoms with E-state index in [9.17, 15) is 0 Å². The van der Waals surface area contributed by atoms with Crippen molar-refractivity contribution >= 4 is 0 Å².